The monoisotopic (exact) mass is 427 g/mol. The second-order valence-corrected chi connectivity index (χ2v) is 9.82. The smallest absolute Gasteiger partial charge is 0.266 e. The summed E-state index contributed by atoms with van der Waals surface area (Å²) in [6.07, 6.45) is 4.33. The van der Waals surface area contributed by atoms with Crippen LogP contribution in [0.2, 0.25) is 0 Å². The first kappa shape index (κ1) is 21.0. The molecule has 0 spiro atoms. The Bertz CT molecular complexity index is 1170. The van der Waals surface area contributed by atoms with Gasteiger partial charge in [0.25, 0.3) is 11.5 Å². The highest BCUT2D eigenvalue weighted by Gasteiger charge is 2.46. The molecule has 3 aromatic rings. The van der Waals surface area contributed by atoms with Crippen LogP contribution in [0.15, 0.2) is 29.2 Å². The predicted octanol–water partition coefficient (Wildman–Crippen LogP) is 4.62. The van der Waals surface area contributed by atoms with Gasteiger partial charge in [0.1, 0.15) is 16.2 Å². The first-order valence-electron chi connectivity index (χ1n) is 10.6. The standard InChI is InChI=1S/C23H29N3O3S/c1-6-16-13-29-23(5,10-9-14(2)3)26(16)22(28)18-12-17-20(30-18)24-19-15(4)8-7-11-25(19)21(17)27/h7-8,11-12,14,16H,6,9-10,13H2,1-5H3. The molecule has 1 aliphatic heterocycles. The Morgan fingerprint density at radius 3 is 2.90 bits per heavy atom. The van der Waals surface area contributed by atoms with Gasteiger partial charge in [0.15, 0.2) is 0 Å². The highest BCUT2D eigenvalue weighted by atomic mass is 32.1. The van der Waals surface area contributed by atoms with Gasteiger partial charge in [-0.15, -0.1) is 11.3 Å². The van der Waals surface area contributed by atoms with Crippen molar-refractivity contribution in [3.63, 3.8) is 0 Å². The predicted molar refractivity (Wildman–Crippen MR) is 120 cm³/mol. The Balaban J connectivity index is 1.77. The van der Waals surface area contributed by atoms with Gasteiger partial charge >= 0.3 is 0 Å². The summed E-state index contributed by atoms with van der Waals surface area (Å²) in [4.78, 5) is 34.4. The van der Waals surface area contributed by atoms with E-state index in [9.17, 15) is 9.59 Å². The lowest BCUT2D eigenvalue weighted by molar-refractivity contribution is -0.0639. The van der Waals surface area contributed by atoms with Gasteiger partial charge in [-0.3, -0.25) is 14.0 Å². The van der Waals surface area contributed by atoms with Gasteiger partial charge in [-0.1, -0.05) is 26.8 Å². The van der Waals surface area contributed by atoms with Crippen LogP contribution in [0.5, 0.6) is 0 Å². The van der Waals surface area contributed by atoms with Crippen molar-refractivity contribution in [2.75, 3.05) is 6.61 Å². The van der Waals surface area contributed by atoms with Gasteiger partial charge in [-0.25, -0.2) is 4.98 Å². The quantitative estimate of drug-likeness (QED) is 0.596. The van der Waals surface area contributed by atoms with E-state index in [2.05, 4.69) is 25.8 Å². The second kappa shape index (κ2) is 7.78. The van der Waals surface area contributed by atoms with Crippen LogP contribution in [0, 0.1) is 12.8 Å². The highest BCUT2D eigenvalue weighted by Crippen LogP contribution is 2.37. The molecule has 2 atom stereocenters. The number of hydrogen-bond donors (Lipinski definition) is 0. The summed E-state index contributed by atoms with van der Waals surface area (Å²) < 4.78 is 7.71. The number of carbonyl (C=O) groups excluding carboxylic acids is 1. The first-order valence-corrected chi connectivity index (χ1v) is 11.5. The number of pyridine rings is 1. The molecule has 6 nitrogen and oxygen atoms in total. The third-order valence-corrected chi connectivity index (χ3v) is 7.10. The van der Waals surface area contributed by atoms with Crippen LogP contribution in [0.25, 0.3) is 15.9 Å². The third-order valence-electron chi connectivity index (χ3n) is 6.08. The minimum atomic E-state index is -0.623. The molecule has 3 aromatic heterocycles. The van der Waals surface area contributed by atoms with Crippen LogP contribution >= 0.6 is 11.3 Å². The number of nitrogens with zero attached hydrogens (tertiary/aromatic N) is 3. The third kappa shape index (κ3) is 3.44. The Morgan fingerprint density at radius 1 is 1.43 bits per heavy atom. The van der Waals surface area contributed by atoms with Crippen LogP contribution < -0.4 is 5.56 Å². The molecule has 7 heteroatoms. The lowest BCUT2D eigenvalue weighted by atomic mass is 9.99. The molecule has 1 aliphatic rings. The summed E-state index contributed by atoms with van der Waals surface area (Å²) in [6, 6.07) is 5.51. The minimum Gasteiger partial charge on any atom is -0.354 e. The maximum absolute atomic E-state index is 13.6. The molecule has 0 radical (unpaired) electrons. The van der Waals surface area contributed by atoms with Crippen molar-refractivity contribution in [2.45, 2.75) is 65.6 Å². The topological polar surface area (TPSA) is 63.9 Å². The molecule has 1 saturated heterocycles. The van der Waals surface area contributed by atoms with E-state index >= 15 is 0 Å². The van der Waals surface area contributed by atoms with Crippen LogP contribution in [0.1, 0.15) is 62.2 Å². The Kier molecular flexibility index (Phi) is 5.45. The van der Waals surface area contributed by atoms with Gasteiger partial charge in [-0.05, 0) is 56.7 Å². The van der Waals surface area contributed by atoms with Crippen LogP contribution in [-0.2, 0) is 4.74 Å². The summed E-state index contributed by atoms with van der Waals surface area (Å²) in [5.74, 6) is 0.464. The number of ether oxygens (including phenoxy) is 1. The molecule has 1 fully saturated rings. The zero-order valence-corrected chi connectivity index (χ0v) is 19.1. The average Bonchev–Trinajstić information content (AvgIpc) is 3.29. The molecule has 0 saturated carbocycles. The lowest BCUT2D eigenvalue weighted by Gasteiger charge is -2.36. The fourth-order valence-corrected chi connectivity index (χ4v) is 5.18. The maximum Gasteiger partial charge on any atom is 0.266 e. The molecule has 4 rings (SSSR count). The largest absolute Gasteiger partial charge is 0.354 e. The maximum atomic E-state index is 13.6. The molecule has 2 unspecified atom stereocenters. The number of hydrogen-bond acceptors (Lipinski definition) is 5. The Morgan fingerprint density at radius 2 is 2.20 bits per heavy atom. The number of amides is 1. The molecular formula is C23H29N3O3S. The van der Waals surface area contributed by atoms with E-state index < -0.39 is 5.72 Å². The molecule has 160 valence electrons. The Labute approximate surface area is 180 Å². The second-order valence-electron chi connectivity index (χ2n) is 8.79. The zero-order chi connectivity index (χ0) is 21.6. The summed E-state index contributed by atoms with van der Waals surface area (Å²) in [5, 5.41) is 0.489. The summed E-state index contributed by atoms with van der Waals surface area (Å²) in [7, 11) is 0. The normalized spacial score (nSPS) is 21.9. The molecule has 0 N–H and O–H groups in total. The van der Waals surface area contributed by atoms with Crippen molar-refractivity contribution in [2.24, 2.45) is 5.92 Å². The molecular weight excluding hydrogens is 398 g/mol. The number of aryl methyl sites for hydroxylation is 1. The SMILES string of the molecule is CCC1COC(C)(CCC(C)C)N1C(=O)c1cc2c(=O)n3cccc(C)c3nc2s1. The lowest BCUT2D eigenvalue weighted by Crippen LogP contribution is -2.49. The van der Waals surface area contributed by atoms with Gasteiger partial charge in [0.2, 0.25) is 0 Å². The number of thiophene rings is 1. The number of carbonyl (C=O) groups is 1. The van der Waals surface area contributed by atoms with Crippen molar-refractivity contribution in [3.8, 4) is 0 Å². The van der Waals surface area contributed by atoms with E-state index in [-0.39, 0.29) is 17.5 Å². The molecule has 30 heavy (non-hydrogen) atoms. The van der Waals surface area contributed by atoms with Crippen LogP contribution in [0.4, 0.5) is 0 Å². The minimum absolute atomic E-state index is 0.0373. The van der Waals surface area contributed by atoms with Crippen molar-refractivity contribution in [3.05, 3.63) is 45.2 Å². The van der Waals surface area contributed by atoms with Crippen molar-refractivity contribution in [1.82, 2.24) is 14.3 Å². The van der Waals surface area contributed by atoms with Crippen molar-refractivity contribution < 1.29 is 9.53 Å². The van der Waals surface area contributed by atoms with E-state index in [1.165, 1.54) is 11.3 Å². The Hall–Kier alpha value is -2.25. The van der Waals surface area contributed by atoms with Gasteiger partial charge in [0.05, 0.1) is 22.9 Å². The highest BCUT2D eigenvalue weighted by molar-refractivity contribution is 7.20. The summed E-state index contributed by atoms with van der Waals surface area (Å²) >= 11 is 1.30. The van der Waals surface area contributed by atoms with Crippen molar-refractivity contribution >= 4 is 33.1 Å². The molecule has 1 amide bonds. The molecule has 0 aliphatic carbocycles. The number of rotatable bonds is 5. The van der Waals surface area contributed by atoms with Gasteiger partial charge in [-0.2, -0.15) is 0 Å². The van der Waals surface area contributed by atoms with E-state index in [1.807, 2.05) is 30.9 Å². The van der Waals surface area contributed by atoms with Crippen LogP contribution in [0.3, 0.4) is 0 Å². The van der Waals surface area contributed by atoms with Crippen molar-refractivity contribution in [1.29, 1.82) is 0 Å². The summed E-state index contributed by atoms with van der Waals surface area (Å²) in [5.41, 5.74) is 0.801. The van der Waals surface area contributed by atoms with E-state index in [1.54, 1.807) is 16.7 Å². The van der Waals surface area contributed by atoms with E-state index in [4.69, 9.17) is 4.74 Å². The zero-order valence-electron chi connectivity index (χ0n) is 18.3. The van der Waals surface area contributed by atoms with Crippen LogP contribution in [-0.4, -0.2) is 38.6 Å². The average molecular weight is 428 g/mol. The summed E-state index contributed by atoms with van der Waals surface area (Å²) in [6.45, 7) is 10.9. The van der Waals surface area contributed by atoms with E-state index in [0.29, 0.717) is 33.3 Å². The fourth-order valence-electron chi connectivity index (χ4n) is 4.22. The fraction of sp³-hybridized carbons (Fsp3) is 0.522. The number of aromatic nitrogens is 2. The first-order chi connectivity index (χ1) is 14.2. The number of fused-ring (bicyclic) bond motifs is 2. The van der Waals surface area contributed by atoms with E-state index in [0.717, 1.165) is 24.8 Å². The molecule has 4 heterocycles. The molecule has 0 bridgehead atoms. The molecule has 0 aromatic carbocycles. The van der Waals surface area contributed by atoms with Gasteiger partial charge < -0.3 is 9.64 Å². The van der Waals surface area contributed by atoms with Gasteiger partial charge in [0, 0.05) is 6.20 Å².